The summed E-state index contributed by atoms with van der Waals surface area (Å²) < 4.78 is 0. The Bertz CT molecular complexity index is 496. The molecule has 1 aromatic rings. The number of rotatable bonds is 4. The molecule has 1 aliphatic rings. The lowest BCUT2D eigenvalue weighted by Crippen LogP contribution is -2.38. The van der Waals surface area contributed by atoms with E-state index in [2.05, 4.69) is 0 Å². The van der Waals surface area contributed by atoms with Crippen molar-refractivity contribution in [3.05, 3.63) is 23.8 Å². The number of hydrogen-bond acceptors (Lipinski definition) is 4. The number of aliphatic hydroxyl groups is 1. The van der Waals surface area contributed by atoms with Gasteiger partial charge in [-0.1, -0.05) is 0 Å². The molecule has 0 heterocycles. The first-order valence-electron chi connectivity index (χ1n) is 6.84. The van der Waals surface area contributed by atoms with Crippen LogP contribution >= 0.6 is 11.8 Å². The maximum Gasteiger partial charge on any atom is 0.306 e. The molecule has 0 atom stereocenters. The zero-order chi connectivity index (χ0) is 14.8. The Morgan fingerprint density at radius 2 is 2.10 bits per heavy atom. The summed E-state index contributed by atoms with van der Waals surface area (Å²) in [5, 5.41) is 19.5. The van der Waals surface area contributed by atoms with Crippen LogP contribution in [0.2, 0.25) is 0 Å². The van der Waals surface area contributed by atoms with Crippen LogP contribution in [0, 0.1) is 12.8 Å². The third-order valence-corrected chi connectivity index (χ3v) is 5.41. The molecular formula is C15H21NO3S. The number of aryl methyl sites for hydroxylation is 1. The normalized spacial score (nSPS) is 26.4. The number of carbonyl (C=O) groups is 1. The third kappa shape index (κ3) is 3.67. The van der Waals surface area contributed by atoms with Gasteiger partial charge in [0, 0.05) is 16.3 Å². The van der Waals surface area contributed by atoms with Gasteiger partial charge in [-0.25, -0.2) is 0 Å². The summed E-state index contributed by atoms with van der Waals surface area (Å²) in [5.74, 6) is -0.433. The summed E-state index contributed by atoms with van der Waals surface area (Å²) in [7, 11) is 0. The van der Waals surface area contributed by atoms with Crippen molar-refractivity contribution < 1.29 is 15.0 Å². The van der Waals surface area contributed by atoms with Gasteiger partial charge in [-0.05, 0) is 56.4 Å². The fourth-order valence-corrected chi connectivity index (χ4v) is 3.76. The molecule has 0 unspecified atom stereocenters. The molecule has 1 saturated carbocycles. The standard InChI is InChI=1S/C15H21NO3S/c1-10-8-12(16)2-3-13(10)20-9-15(19)6-4-11(5-7-15)14(17)18/h2-3,8,11,19H,4-7,9,16H2,1H3,(H,17,18). The van der Waals surface area contributed by atoms with E-state index in [1.807, 2.05) is 25.1 Å². The summed E-state index contributed by atoms with van der Waals surface area (Å²) in [6.45, 7) is 2.00. The van der Waals surface area contributed by atoms with Crippen LogP contribution in [0.3, 0.4) is 0 Å². The van der Waals surface area contributed by atoms with E-state index in [1.54, 1.807) is 11.8 Å². The van der Waals surface area contributed by atoms with Crippen LogP contribution in [-0.2, 0) is 4.79 Å². The number of carboxylic acids is 1. The van der Waals surface area contributed by atoms with Crippen molar-refractivity contribution in [1.82, 2.24) is 0 Å². The first-order chi connectivity index (χ1) is 9.39. The minimum Gasteiger partial charge on any atom is -0.481 e. The summed E-state index contributed by atoms with van der Waals surface area (Å²) in [5.41, 5.74) is 6.83. The van der Waals surface area contributed by atoms with Gasteiger partial charge in [0.15, 0.2) is 0 Å². The molecule has 4 N–H and O–H groups in total. The SMILES string of the molecule is Cc1cc(N)ccc1SCC1(O)CCC(C(=O)O)CC1. The molecule has 0 aromatic heterocycles. The van der Waals surface area contributed by atoms with Gasteiger partial charge in [0.2, 0.25) is 0 Å². The lowest BCUT2D eigenvalue weighted by atomic mass is 9.80. The summed E-state index contributed by atoms with van der Waals surface area (Å²) in [6.07, 6.45) is 2.25. The number of hydrogen-bond donors (Lipinski definition) is 3. The van der Waals surface area contributed by atoms with Crippen molar-refractivity contribution >= 4 is 23.4 Å². The molecule has 0 spiro atoms. The summed E-state index contributed by atoms with van der Waals surface area (Å²) in [6, 6.07) is 5.76. The Morgan fingerprint density at radius 1 is 1.45 bits per heavy atom. The predicted molar refractivity (Wildman–Crippen MR) is 80.9 cm³/mol. The minimum absolute atomic E-state index is 0.293. The molecule has 110 valence electrons. The Balaban J connectivity index is 1.92. The monoisotopic (exact) mass is 295 g/mol. The van der Waals surface area contributed by atoms with Gasteiger partial charge >= 0.3 is 5.97 Å². The first-order valence-corrected chi connectivity index (χ1v) is 7.82. The zero-order valence-corrected chi connectivity index (χ0v) is 12.4. The topological polar surface area (TPSA) is 83.5 Å². The number of aliphatic carboxylic acids is 1. The van der Waals surface area contributed by atoms with Crippen molar-refractivity contribution in [2.45, 2.75) is 43.1 Å². The number of thioether (sulfide) groups is 1. The van der Waals surface area contributed by atoms with E-state index in [0.29, 0.717) is 31.4 Å². The molecule has 20 heavy (non-hydrogen) atoms. The minimum atomic E-state index is -0.746. The van der Waals surface area contributed by atoms with Crippen LogP contribution in [0.4, 0.5) is 5.69 Å². The van der Waals surface area contributed by atoms with E-state index in [-0.39, 0.29) is 5.92 Å². The molecule has 0 radical (unpaired) electrons. The van der Waals surface area contributed by atoms with Gasteiger partial charge in [0.05, 0.1) is 11.5 Å². The number of anilines is 1. The molecule has 1 aliphatic carbocycles. The van der Waals surface area contributed by atoms with Crippen LogP contribution in [0.25, 0.3) is 0 Å². The zero-order valence-electron chi connectivity index (χ0n) is 11.6. The Hall–Kier alpha value is -1.20. The van der Waals surface area contributed by atoms with E-state index in [1.165, 1.54) is 0 Å². The third-order valence-electron chi connectivity index (χ3n) is 3.96. The second kappa shape index (κ2) is 6.06. The average molecular weight is 295 g/mol. The Morgan fingerprint density at radius 3 is 2.65 bits per heavy atom. The highest BCUT2D eigenvalue weighted by Gasteiger charge is 2.35. The fraction of sp³-hybridized carbons (Fsp3) is 0.533. The van der Waals surface area contributed by atoms with Crippen molar-refractivity contribution in [2.24, 2.45) is 5.92 Å². The maximum absolute atomic E-state index is 10.9. The first kappa shape index (κ1) is 15.2. The van der Waals surface area contributed by atoms with Gasteiger partial charge in [-0.2, -0.15) is 0 Å². The van der Waals surface area contributed by atoms with E-state index < -0.39 is 11.6 Å². The average Bonchev–Trinajstić information content (AvgIpc) is 2.38. The number of benzene rings is 1. The number of carboxylic acid groups (broad SMARTS) is 1. The fourth-order valence-electron chi connectivity index (χ4n) is 2.59. The maximum atomic E-state index is 10.9. The molecule has 0 amide bonds. The van der Waals surface area contributed by atoms with Gasteiger partial charge in [-0.15, -0.1) is 11.8 Å². The van der Waals surface area contributed by atoms with E-state index in [4.69, 9.17) is 10.8 Å². The molecule has 0 bridgehead atoms. The van der Waals surface area contributed by atoms with E-state index in [0.717, 1.165) is 16.1 Å². The van der Waals surface area contributed by atoms with Crippen LogP contribution < -0.4 is 5.73 Å². The molecule has 5 heteroatoms. The van der Waals surface area contributed by atoms with Gasteiger partial charge in [0.25, 0.3) is 0 Å². The van der Waals surface area contributed by atoms with Crippen LogP contribution in [0.1, 0.15) is 31.2 Å². The molecular weight excluding hydrogens is 274 g/mol. The van der Waals surface area contributed by atoms with E-state index in [9.17, 15) is 9.90 Å². The van der Waals surface area contributed by atoms with Crippen molar-refractivity contribution in [1.29, 1.82) is 0 Å². The summed E-state index contributed by atoms with van der Waals surface area (Å²) >= 11 is 1.62. The van der Waals surface area contributed by atoms with Crippen LogP contribution in [-0.4, -0.2) is 27.5 Å². The quantitative estimate of drug-likeness (QED) is 0.587. The van der Waals surface area contributed by atoms with Crippen molar-refractivity contribution in [3.63, 3.8) is 0 Å². The lowest BCUT2D eigenvalue weighted by Gasteiger charge is -2.34. The lowest BCUT2D eigenvalue weighted by molar-refractivity contribution is -0.144. The molecule has 1 fully saturated rings. The molecule has 4 nitrogen and oxygen atoms in total. The molecule has 0 aliphatic heterocycles. The molecule has 2 rings (SSSR count). The largest absolute Gasteiger partial charge is 0.481 e. The number of nitrogen functional groups attached to an aromatic ring is 1. The Kier molecular flexibility index (Phi) is 4.60. The van der Waals surface area contributed by atoms with Crippen molar-refractivity contribution in [3.8, 4) is 0 Å². The number of nitrogens with two attached hydrogens (primary N) is 1. The van der Waals surface area contributed by atoms with Gasteiger partial charge in [0.1, 0.15) is 0 Å². The van der Waals surface area contributed by atoms with Crippen LogP contribution in [0.5, 0.6) is 0 Å². The highest BCUT2D eigenvalue weighted by Crippen LogP contribution is 2.37. The second-order valence-electron chi connectivity index (χ2n) is 5.65. The van der Waals surface area contributed by atoms with Crippen LogP contribution in [0.15, 0.2) is 23.1 Å². The molecule has 0 saturated heterocycles. The second-order valence-corrected chi connectivity index (χ2v) is 6.67. The van der Waals surface area contributed by atoms with E-state index >= 15 is 0 Å². The molecule has 1 aromatic carbocycles. The smallest absolute Gasteiger partial charge is 0.306 e. The summed E-state index contributed by atoms with van der Waals surface area (Å²) in [4.78, 5) is 12.0. The highest BCUT2D eigenvalue weighted by atomic mass is 32.2. The van der Waals surface area contributed by atoms with Gasteiger partial charge in [-0.3, -0.25) is 4.79 Å². The highest BCUT2D eigenvalue weighted by molar-refractivity contribution is 7.99. The Labute approximate surface area is 123 Å². The predicted octanol–water partition coefficient (Wildman–Crippen LogP) is 2.68. The van der Waals surface area contributed by atoms with Gasteiger partial charge < -0.3 is 15.9 Å². The van der Waals surface area contributed by atoms with Crippen molar-refractivity contribution in [2.75, 3.05) is 11.5 Å².